The van der Waals surface area contributed by atoms with E-state index in [-0.39, 0.29) is 11.3 Å². The molecule has 2 aromatic carbocycles. The summed E-state index contributed by atoms with van der Waals surface area (Å²) in [5, 5.41) is 3.21. The number of nitrogens with zero attached hydrogens (tertiary/aromatic N) is 2. The van der Waals surface area contributed by atoms with Crippen molar-refractivity contribution in [2.75, 3.05) is 39.8 Å². The number of rotatable bonds is 9. The molecule has 0 unspecified atom stereocenters. The highest BCUT2D eigenvalue weighted by atomic mass is 16.2. The van der Waals surface area contributed by atoms with Gasteiger partial charge in [-0.3, -0.25) is 9.69 Å². The van der Waals surface area contributed by atoms with Gasteiger partial charge in [0.15, 0.2) is 0 Å². The van der Waals surface area contributed by atoms with E-state index >= 15 is 0 Å². The summed E-state index contributed by atoms with van der Waals surface area (Å²) in [5.74, 6) is 0.905. The normalized spacial score (nSPS) is 19.0. The van der Waals surface area contributed by atoms with Gasteiger partial charge in [-0.2, -0.15) is 0 Å². The van der Waals surface area contributed by atoms with Crippen molar-refractivity contribution < 1.29 is 4.79 Å². The van der Waals surface area contributed by atoms with Crippen LogP contribution in [0, 0.1) is 5.92 Å². The van der Waals surface area contributed by atoms with Crippen LogP contribution in [0.1, 0.15) is 36.8 Å². The van der Waals surface area contributed by atoms with E-state index in [4.69, 9.17) is 0 Å². The Bertz CT molecular complexity index is 796. The number of benzene rings is 2. The average molecular weight is 406 g/mol. The molecule has 2 fully saturated rings. The molecule has 0 radical (unpaired) electrons. The fraction of sp³-hybridized carbons (Fsp3) is 0.500. The molecule has 1 aliphatic carbocycles. The van der Waals surface area contributed by atoms with Gasteiger partial charge in [0, 0.05) is 25.0 Å². The van der Waals surface area contributed by atoms with E-state index in [0.29, 0.717) is 6.54 Å². The summed E-state index contributed by atoms with van der Waals surface area (Å²) in [6, 6.07) is 21.3. The Morgan fingerprint density at radius 2 is 1.67 bits per heavy atom. The molecule has 2 aromatic rings. The van der Waals surface area contributed by atoms with Gasteiger partial charge in [0.2, 0.25) is 5.91 Å². The van der Waals surface area contributed by atoms with Crippen molar-refractivity contribution in [3.8, 4) is 0 Å². The molecule has 4 heteroatoms. The van der Waals surface area contributed by atoms with E-state index < -0.39 is 0 Å². The SMILES string of the molecule is CN(Cc1ccccc1)CC1CCN(CC(=O)NCC2(c3ccccc3)CC2)CC1. The summed E-state index contributed by atoms with van der Waals surface area (Å²) in [7, 11) is 2.22. The highest BCUT2D eigenvalue weighted by molar-refractivity contribution is 5.78. The quantitative estimate of drug-likeness (QED) is 0.691. The fourth-order valence-electron chi connectivity index (χ4n) is 4.76. The van der Waals surface area contributed by atoms with Crippen LogP contribution in [0.5, 0.6) is 0 Å². The zero-order valence-electron chi connectivity index (χ0n) is 18.2. The molecule has 1 aliphatic heterocycles. The first-order valence-electron chi connectivity index (χ1n) is 11.4. The smallest absolute Gasteiger partial charge is 0.234 e. The van der Waals surface area contributed by atoms with E-state index in [0.717, 1.165) is 38.6 Å². The highest BCUT2D eigenvalue weighted by Gasteiger charge is 2.44. The molecule has 0 aromatic heterocycles. The number of amides is 1. The zero-order chi connectivity index (χ0) is 20.8. The third-order valence-electron chi connectivity index (χ3n) is 6.80. The molecule has 160 valence electrons. The van der Waals surface area contributed by atoms with E-state index in [1.54, 1.807) is 0 Å². The highest BCUT2D eigenvalue weighted by Crippen LogP contribution is 2.47. The van der Waals surface area contributed by atoms with Crippen molar-refractivity contribution in [2.45, 2.75) is 37.6 Å². The predicted molar refractivity (Wildman–Crippen MR) is 122 cm³/mol. The van der Waals surface area contributed by atoms with Gasteiger partial charge in [-0.05, 0) is 62.9 Å². The summed E-state index contributed by atoms with van der Waals surface area (Å²) in [6.45, 7) is 5.51. The van der Waals surface area contributed by atoms with Crippen LogP contribution in [0.25, 0.3) is 0 Å². The Labute approximate surface area is 181 Å². The molecule has 0 atom stereocenters. The number of piperidine rings is 1. The van der Waals surface area contributed by atoms with Crippen molar-refractivity contribution in [2.24, 2.45) is 5.92 Å². The summed E-state index contributed by atoms with van der Waals surface area (Å²) in [6.07, 6.45) is 4.72. The van der Waals surface area contributed by atoms with Crippen LogP contribution in [-0.2, 0) is 16.8 Å². The number of hydrogen-bond donors (Lipinski definition) is 1. The van der Waals surface area contributed by atoms with Gasteiger partial charge < -0.3 is 10.2 Å². The Hall–Kier alpha value is -2.17. The second kappa shape index (κ2) is 9.76. The van der Waals surface area contributed by atoms with Gasteiger partial charge in [0.25, 0.3) is 0 Å². The van der Waals surface area contributed by atoms with Crippen molar-refractivity contribution in [3.05, 3.63) is 71.8 Å². The van der Waals surface area contributed by atoms with Gasteiger partial charge in [-0.1, -0.05) is 60.7 Å². The number of carbonyl (C=O) groups excluding carboxylic acids is 1. The van der Waals surface area contributed by atoms with Crippen molar-refractivity contribution in [1.29, 1.82) is 0 Å². The van der Waals surface area contributed by atoms with Crippen LogP contribution < -0.4 is 5.32 Å². The number of nitrogens with one attached hydrogen (secondary N) is 1. The largest absolute Gasteiger partial charge is 0.354 e. The molecular formula is C26H35N3O. The van der Waals surface area contributed by atoms with E-state index in [1.165, 1.54) is 36.8 Å². The molecular weight excluding hydrogens is 370 g/mol. The first-order chi connectivity index (χ1) is 14.6. The fourth-order valence-corrected chi connectivity index (χ4v) is 4.76. The Balaban J connectivity index is 1.15. The van der Waals surface area contributed by atoms with E-state index in [9.17, 15) is 4.79 Å². The molecule has 1 saturated carbocycles. The topological polar surface area (TPSA) is 35.6 Å². The number of hydrogen-bond acceptors (Lipinski definition) is 3. The minimum Gasteiger partial charge on any atom is -0.354 e. The summed E-state index contributed by atoms with van der Waals surface area (Å²) >= 11 is 0. The Morgan fingerprint density at radius 3 is 2.30 bits per heavy atom. The van der Waals surface area contributed by atoms with E-state index in [2.05, 4.69) is 82.8 Å². The lowest BCUT2D eigenvalue weighted by atomic mass is 9.95. The summed E-state index contributed by atoms with van der Waals surface area (Å²) in [5.41, 5.74) is 2.93. The molecule has 2 aliphatic rings. The van der Waals surface area contributed by atoms with Crippen LogP contribution in [0.3, 0.4) is 0 Å². The van der Waals surface area contributed by atoms with Crippen molar-refractivity contribution in [3.63, 3.8) is 0 Å². The lowest BCUT2D eigenvalue weighted by Gasteiger charge is -2.33. The molecule has 4 nitrogen and oxygen atoms in total. The molecule has 1 saturated heterocycles. The van der Waals surface area contributed by atoms with Crippen LogP contribution >= 0.6 is 0 Å². The molecule has 1 N–H and O–H groups in total. The van der Waals surface area contributed by atoms with Crippen molar-refractivity contribution in [1.82, 2.24) is 15.1 Å². The second-order valence-corrected chi connectivity index (χ2v) is 9.32. The lowest BCUT2D eigenvalue weighted by molar-refractivity contribution is -0.122. The third-order valence-corrected chi connectivity index (χ3v) is 6.80. The van der Waals surface area contributed by atoms with Crippen LogP contribution in [0.2, 0.25) is 0 Å². The average Bonchev–Trinajstić information content (AvgIpc) is 3.56. The van der Waals surface area contributed by atoms with Gasteiger partial charge in [0.05, 0.1) is 6.54 Å². The zero-order valence-corrected chi connectivity index (χ0v) is 18.2. The molecule has 1 amide bonds. The first kappa shape index (κ1) is 21.1. The van der Waals surface area contributed by atoms with Crippen molar-refractivity contribution >= 4 is 5.91 Å². The molecule has 0 spiro atoms. The summed E-state index contributed by atoms with van der Waals surface area (Å²) in [4.78, 5) is 17.3. The van der Waals surface area contributed by atoms with Gasteiger partial charge >= 0.3 is 0 Å². The maximum atomic E-state index is 12.5. The molecule has 4 rings (SSSR count). The molecule has 0 bridgehead atoms. The Kier molecular flexibility index (Phi) is 6.86. The Morgan fingerprint density at radius 1 is 1.03 bits per heavy atom. The van der Waals surface area contributed by atoms with Crippen LogP contribution in [0.15, 0.2) is 60.7 Å². The molecule has 30 heavy (non-hydrogen) atoms. The summed E-state index contributed by atoms with van der Waals surface area (Å²) < 4.78 is 0. The van der Waals surface area contributed by atoms with E-state index in [1.807, 2.05) is 0 Å². The van der Waals surface area contributed by atoms with Crippen LogP contribution in [0.4, 0.5) is 0 Å². The standard InChI is InChI=1S/C26H35N3O/c1-28(18-22-8-4-2-5-9-22)19-23-12-16-29(17-13-23)20-25(30)27-21-26(14-15-26)24-10-6-3-7-11-24/h2-11,23H,12-21H2,1H3,(H,27,30). The molecule has 1 heterocycles. The van der Waals surface area contributed by atoms with Gasteiger partial charge in [-0.15, -0.1) is 0 Å². The maximum absolute atomic E-state index is 12.5. The lowest BCUT2D eigenvalue weighted by Crippen LogP contribution is -2.44. The number of likely N-dealkylation sites (tertiary alicyclic amines) is 1. The third kappa shape index (κ3) is 5.71. The first-order valence-corrected chi connectivity index (χ1v) is 11.4. The monoisotopic (exact) mass is 405 g/mol. The predicted octanol–water partition coefficient (Wildman–Crippen LogP) is 3.68. The second-order valence-electron chi connectivity index (χ2n) is 9.32. The van der Waals surface area contributed by atoms with Crippen LogP contribution in [-0.4, -0.2) is 55.5 Å². The van der Waals surface area contributed by atoms with Gasteiger partial charge in [-0.25, -0.2) is 0 Å². The number of carbonyl (C=O) groups is 1. The minimum atomic E-state index is 0.178. The minimum absolute atomic E-state index is 0.178. The maximum Gasteiger partial charge on any atom is 0.234 e. The van der Waals surface area contributed by atoms with Gasteiger partial charge in [0.1, 0.15) is 0 Å².